The molecule has 17 rings (SSSR count). The van der Waals surface area contributed by atoms with E-state index in [9.17, 15) is 19.2 Å². The number of likely N-dealkylation sites (tertiary alicyclic amines) is 3. The summed E-state index contributed by atoms with van der Waals surface area (Å²) in [4.78, 5) is 77.4. The molecule has 4 unspecified atom stereocenters. The SMILES string of the molecule is Brc1ccsn1.CC(C)(C)OC(=O)N1CCCC(Nc2c(-c3ccsn3)cnc3c2ccn3COCC[Si](C)(C)C)C1.CC(C)(C)OC(=O)N1CCCC(Nc2c(B3OC(C)(C)C(C)(C)O3)cnc3c2ccn3COCC[Si](C)(C)C)C1.N#CCC(=O)N1CCCC(Nc2c(-c3ccsn3)cnc3[nH]ccc23)C1.N#CCC(=O)O.c1cc2c(NC3CCCNC3)c(-c3ccsn3)cnc2[nH]1. The normalized spacial score (nSPS) is 17.7. The highest BCUT2D eigenvalue weighted by atomic mass is 79.9. The molecule has 5 aliphatic rings. The van der Waals surface area contributed by atoms with E-state index < -0.39 is 58.1 Å². The topological polar surface area (TPSA) is 406 Å². The summed E-state index contributed by atoms with van der Waals surface area (Å²) in [5.74, 6) is -1.17. The van der Waals surface area contributed by atoms with Crippen LogP contribution in [0.2, 0.25) is 51.4 Å². The Bertz CT molecular complexity index is 5920. The van der Waals surface area contributed by atoms with Gasteiger partial charge in [0.25, 0.3) is 0 Å². The van der Waals surface area contributed by atoms with E-state index in [-0.39, 0.29) is 42.6 Å². The maximum Gasteiger partial charge on any atom is 0.498 e. The minimum Gasteiger partial charge on any atom is -0.480 e. The van der Waals surface area contributed by atoms with Crippen LogP contribution in [0.5, 0.6) is 0 Å². The summed E-state index contributed by atoms with van der Waals surface area (Å²) in [5.41, 5.74) is 12.2. The van der Waals surface area contributed by atoms with E-state index in [1.54, 1.807) is 9.80 Å². The number of H-pyrrole nitrogens is 2. The molecule has 0 aliphatic carbocycles. The van der Waals surface area contributed by atoms with E-state index >= 15 is 0 Å². The molecular formula is C94H128BBrN22O11S4Si2. The molecule has 0 radical (unpaired) electrons. The number of halogens is 1. The maximum absolute atomic E-state index is 12.8. The standard InChI is InChI=1S/C29H49BN4O5Si.C26H39N5O3SSi.C18H18N6OS.C15H17N5S.C3H2BrNS.C3H3NO2/c1-27(2,3)37-26(35)33-14-11-12-21(19-33)32-24-22-13-15-34(20-36-16-17-40(8,9)10)25(22)31-18-23(24)30-38-28(4,5)29(6,7)39-30;1-26(2,3)34-25(32)30-11-7-8-19(17-30)28-23-20-9-12-31(18-33-13-15-36(4,5)6)24(20)27-16-21(23)22-10-14-35-29-22;19-6-3-16(25)24-8-1-2-12(11-24)22-17-13-4-7-20-18(13)21-10-14(17)15-5-9-26-23-15;1-2-10(8-16-5-1)19-14-11-3-6-17-15(11)18-9-12(14)13-4-7-21-20-13;4-3-1-2-6-5-3;4-2-1-3(5)6/h13,15,18,21H,11-12,14,16-17,19-20H2,1-10H3,(H,31,32);9-10,12,14,16,19H,7-8,11,13,15,17-18H2,1-6H3,(H,27,28);4-5,7,9-10,12H,1-3,8,11H2,(H2,20,21,22);3-4,6-7,9-10,16H,1-2,5,8H2,(H2,17,18,19);1-2H;1H2,(H,5,6). The van der Waals surface area contributed by atoms with Gasteiger partial charge in [0, 0.05) is 220 Å². The Kier molecular flexibility index (Phi) is 36.2. The van der Waals surface area contributed by atoms with Crippen LogP contribution in [0.15, 0.2) is 124 Å². The smallest absolute Gasteiger partial charge is 0.480 e. The van der Waals surface area contributed by atoms with Crippen LogP contribution in [0.3, 0.4) is 0 Å². The van der Waals surface area contributed by atoms with Gasteiger partial charge in [0.05, 0.1) is 57.5 Å². The molecule has 0 aromatic carbocycles. The zero-order valence-electron chi connectivity index (χ0n) is 80.2. The number of aromatic amines is 2. The van der Waals surface area contributed by atoms with Crippen molar-refractivity contribution >= 4 is 182 Å². The van der Waals surface area contributed by atoms with Gasteiger partial charge in [0.2, 0.25) is 5.91 Å². The van der Waals surface area contributed by atoms with Crippen LogP contribution >= 0.6 is 62.1 Å². The van der Waals surface area contributed by atoms with Crippen molar-refractivity contribution in [1.82, 2.24) is 76.5 Å². The van der Waals surface area contributed by atoms with Crippen molar-refractivity contribution in [2.75, 3.05) is 86.8 Å². The molecule has 135 heavy (non-hydrogen) atoms. The first kappa shape index (κ1) is 104. The summed E-state index contributed by atoms with van der Waals surface area (Å²) in [6, 6.07) is 22.6. The van der Waals surface area contributed by atoms with Gasteiger partial charge in [-0.1, -0.05) is 39.3 Å². The molecule has 12 aromatic heterocycles. The first-order chi connectivity index (χ1) is 64.3. The average Bonchev–Trinajstić information content (AvgIpc) is 1.60. The number of piperidine rings is 4. The number of hydrogen-bond donors (Lipinski definition) is 8. The molecule has 5 fully saturated rings. The second kappa shape index (κ2) is 47.2. The second-order valence-electron chi connectivity index (χ2n) is 39.4. The van der Waals surface area contributed by atoms with Crippen molar-refractivity contribution < 1.29 is 52.5 Å². The molecule has 12 aromatic rings. The molecular weight excluding hydrogens is 1890 g/mol. The molecule has 5 aliphatic heterocycles. The number of aromatic nitrogens is 12. The van der Waals surface area contributed by atoms with E-state index in [0.717, 1.165) is 188 Å². The number of nitrogens with zero attached hydrogens (tertiary/aromatic N) is 15. The van der Waals surface area contributed by atoms with Crippen molar-refractivity contribution in [2.24, 2.45) is 0 Å². The Balaban J connectivity index is 0.000000158. The molecule has 3 amide bonds. The Hall–Kier alpha value is -10.3. The number of amides is 3. The molecule has 5 saturated heterocycles. The van der Waals surface area contributed by atoms with Crippen LogP contribution in [-0.4, -0.2) is 236 Å². The van der Waals surface area contributed by atoms with Gasteiger partial charge >= 0.3 is 25.3 Å². The molecule has 0 bridgehead atoms. The van der Waals surface area contributed by atoms with Gasteiger partial charge < -0.3 is 93.7 Å². The lowest BCUT2D eigenvalue weighted by Gasteiger charge is -2.35. The largest absolute Gasteiger partial charge is 0.498 e. The minimum atomic E-state index is -1.17. The second-order valence-corrected chi connectivity index (χ2v) is 54.1. The van der Waals surface area contributed by atoms with Gasteiger partial charge in [-0.3, -0.25) is 9.59 Å². The number of carboxylic acid groups (broad SMARTS) is 1. The number of pyridine rings is 4. The van der Waals surface area contributed by atoms with Crippen LogP contribution in [0.4, 0.5) is 32.3 Å². The lowest BCUT2D eigenvalue weighted by molar-refractivity contribution is -0.136. The molecule has 0 saturated carbocycles. The number of carbonyl (C=O) groups is 4. The Morgan fingerprint density at radius 3 is 1.34 bits per heavy atom. The quantitative estimate of drug-likeness (QED) is 0.0206. The number of fused-ring (bicyclic) bond motifs is 4. The van der Waals surface area contributed by atoms with Gasteiger partial charge in [-0.15, -0.1) is 0 Å². The van der Waals surface area contributed by atoms with Crippen molar-refractivity contribution in [1.29, 1.82) is 10.5 Å². The van der Waals surface area contributed by atoms with Crippen molar-refractivity contribution in [3.63, 3.8) is 0 Å². The number of anilines is 4. The van der Waals surface area contributed by atoms with Gasteiger partial charge in [0.1, 0.15) is 64.7 Å². The van der Waals surface area contributed by atoms with Crippen LogP contribution in [0.25, 0.3) is 77.9 Å². The summed E-state index contributed by atoms with van der Waals surface area (Å²) >= 11 is 8.93. The van der Waals surface area contributed by atoms with E-state index in [1.807, 2.05) is 159 Å². The number of rotatable bonds is 24. The Morgan fingerprint density at radius 1 is 0.541 bits per heavy atom. The number of carbonyl (C=O) groups excluding carboxylic acids is 3. The summed E-state index contributed by atoms with van der Waals surface area (Å²) in [6.07, 6.45) is 22.4. The fourth-order valence-corrected chi connectivity index (χ4v) is 19.8. The third-order valence-electron chi connectivity index (χ3n) is 23.4. The highest BCUT2D eigenvalue weighted by molar-refractivity contribution is 9.10. The molecule has 33 nitrogen and oxygen atoms in total. The fraction of sp³-hybridized carbons (Fsp3) is 0.511. The third-order valence-corrected chi connectivity index (χ3v) is 29.7. The van der Waals surface area contributed by atoms with Gasteiger partial charge in [-0.05, 0) is 250 Å². The predicted octanol–water partition coefficient (Wildman–Crippen LogP) is 19.5. The molecule has 41 heteroatoms. The van der Waals surface area contributed by atoms with Crippen LogP contribution < -0.4 is 32.0 Å². The number of carboxylic acids is 1. The molecule has 0 spiro atoms. The van der Waals surface area contributed by atoms with Crippen molar-refractivity contribution in [3.05, 3.63) is 124 Å². The van der Waals surface area contributed by atoms with E-state index in [2.05, 4.69) is 170 Å². The van der Waals surface area contributed by atoms with Crippen molar-refractivity contribution in [2.45, 2.75) is 245 Å². The number of ether oxygens (including phenoxy) is 4. The third kappa shape index (κ3) is 29.6. The van der Waals surface area contributed by atoms with Gasteiger partial charge in [-0.2, -0.15) is 28.0 Å². The maximum atomic E-state index is 12.8. The Labute approximate surface area is 817 Å². The molecule has 4 atom stereocenters. The average molecular weight is 2020 g/mol. The first-order valence-electron chi connectivity index (χ1n) is 45.9. The highest BCUT2D eigenvalue weighted by Gasteiger charge is 2.53. The molecule has 17 heterocycles. The van der Waals surface area contributed by atoms with Crippen molar-refractivity contribution in [3.8, 4) is 45.9 Å². The first-order valence-corrected chi connectivity index (χ1v) is 57.5. The molecule has 8 N–H and O–H groups in total. The number of nitrogens with one attached hydrogen (secondary N) is 7. The predicted molar refractivity (Wildman–Crippen MR) is 548 cm³/mol. The van der Waals surface area contributed by atoms with Gasteiger partial charge in [-0.25, -0.2) is 29.5 Å². The van der Waals surface area contributed by atoms with E-state index in [1.165, 1.54) is 65.0 Å². The number of nitriles is 2. The van der Waals surface area contributed by atoms with Gasteiger partial charge in [0.15, 0.2) is 0 Å². The summed E-state index contributed by atoms with van der Waals surface area (Å²) in [5, 5.41) is 54.4. The van der Waals surface area contributed by atoms with E-state index in [4.69, 9.17) is 53.9 Å². The lowest BCUT2D eigenvalue weighted by Crippen LogP contribution is -2.48. The van der Waals surface area contributed by atoms with Crippen LogP contribution in [0, 0.1) is 22.7 Å². The summed E-state index contributed by atoms with van der Waals surface area (Å²) < 4.78 is 58.6. The fourth-order valence-electron chi connectivity index (χ4n) is 15.7. The summed E-state index contributed by atoms with van der Waals surface area (Å²) in [6.45, 7) is 42.2. The molecule has 722 valence electrons. The minimum absolute atomic E-state index is 0.0457. The summed E-state index contributed by atoms with van der Waals surface area (Å²) in [7, 11) is -2.86. The monoisotopic (exact) mass is 2010 g/mol. The van der Waals surface area contributed by atoms with E-state index in [0.29, 0.717) is 58.8 Å². The van der Waals surface area contributed by atoms with Crippen LogP contribution in [0.1, 0.15) is 133 Å². The number of hydrogen-bond acceptors (Lipinski definition) is 29. The highest BCUT2D eigenvalue weighted by Crippen LogP contribution is 2.41. The van der Waals surface area contributed by atoms with Crippen LogP contribution in [-0.2, 0) is 51.3 Å². The zero-order valence-corrected chi connectivity index (χ0v) is 87.0. The number of aliphatic carboxylic acids is 1. The lowest BCUT2D eigenvalue weighted by atomic mass is 9.78. The Morgan fingerprint density at radius 2 is 0.948 bits per heavy atom. The zero-order chi connectivity index (χ0) is 96.8.